The number of halogens is 4. The molecular weight excluding hydrogens is 391 g/mol. The van der Waals surface area contributed by atoms with Gasteiger partial charge in [-0.1, -0.05) is 53.0 Å². The molecule has 5 heteroatoms. The van der Waals surface area contributed by atoms with Crippen molar-refractivity contribution >= 4 is 55.1 Å². The first-order chi connectivity index (χ1) is 7.95. The zero-order valence-corrected chi connectivity index (χ0v) is 14.3. The summed E-state index contributed by atoms with van der Waals surface area (Å²) in [7, 11) is 0. The lowest BCUT2D eigenvalue weighted by atomic mass is 9.99. The van der Waals surface area contributed by atoms with Gasteiger partial charge in [0, 0.05) is 21.8 Å². The summed E-state index contributed by atoms with van der Waals surface area (Å²) < 4.78 is 6.50. The van der Waals surface area contributed by atoms with Crippen LogP contribution in [0.5, 0.6) is 5.75 Å². The minimum atomic E-state index is 0.452. The lowest BCUT2D eigenvalue weighted by molar-refractivity contribution is 0.227. The fraction of sp³-hybridized carbons (Fsp3) is 0.500. The molecule has 0 N–H and O–H groups in total. The van der Waals surface area contributed by atoms with Gasteiger partial charge in [0.05, 0.1) is 16.7 Å². The number of hydrogen-bond donors (Lipinski definition) is 0. The molecule has 0 bridgehead atoms. The topological polar surface area (TPSA) is 9.23 Å². The molecule has 0 heterocycles. The number of benzene rings is 1. The molecule has 0 saturated carbocycles. The van der Waals surface area contributed by atoms with E-state index in [9.17, 15) is 0 Å². The highest BCUT2D eigenvalue weighted by Crippen LogP contribution is 2.34. The maximum absolute atomic E-state index is 6.08. The summed E-state index contributed by atoms with van der Waals surface area (Å²) >= 11 is 18.9. The average molecular weight is 405 g/mol. The van der Waals surface area contributed by atoms with Gasteiger partial charge in [0.25, 0.3) is 0 Å². The molecule has 1 aromatic rings. The highest BCUT2D eigenvalue weighted by atomic mass is 79.9. The molecule has 17 heavy (non-hydrogen) atoms. The van der Waals surface area contributed by atoms with Crippen LogP contribution in [0.2, 0.25) is 10.0 Å². The Hall–Kier alpha value is 0.560. The van der Waals surface area contributed by atoms with Crippen molar-refractivity contribution in [2.75, 3.05) is 11.9 Å². The summed E-state index contributed by atoms with van der Waals surface area (Å²) in [5.74, 6) is 1.64. The second-order valence-electron chi connectivity index (χ2n) is 4.17. The van der Waals surface area contributed by atoms with Crippen LogP contribution >= 0.6 is 55.1 Å². The molecule has 0 aliphatic rings. The lowest BCUT2D eigenvalue weighted by Gasteiger charge is -2.19. The molecule has 0 fully saturated rings. The third-order valence-electron chi connectivity index (χ3n) is 2.57. The van der Waals surface area contributed by atoms with E-state index < -0.39 is 0 Å². The third kappa shape index (κ3) is 4.62. The van der Waals surface area contributed by atoms with Gasteiger partial charge in [0.2, 0.25) is 0 Å². The molecule has 1 unspecified atom stereocenters. The molecule has 1 atom stereocenters. The number of ether oxygens (including phenoxy) is 1. The lowest BCUT2D eigenvalue weighted by Crippen LogP contribution is -2.19. The Morgan fingerprint density at radius 2 is 1.88 bits per heavy atom. The molecule has 1 nitrogen and oxygen atoms in total. The Morgan fingerprint density at radius 1 is 1.24 bits per heavy atom. The van der Waals surface area contributed by atoms with Gasteiger partial charge in [0.1, 0.15) is 5.75 Å². The van der Waals surface area contributed by atoms with Gasteiger partial charge in [-0.05, 0) is 27.9 Å². The Morgan fingerprint density at radius 3 is 2.41 bits per heavy atom. The number of hydrogen-bond acceptors (Lipinski definition) is 1. The average Bonchev–Trinajstić information content (AvgIpc) is 2.25. The maximum Gasteiger partial charge on any atom is 0.139 e. The van der Waals surface area contributed by atoms with Crippen LogP contribution < -0.4 is 4.74 Å². The Balaban J connectivity index is 2.72. The van der Waals surface area contributed by atoms with E-state index in [2.05, 4.69) is 45.7 Å². The van der Waals surface area contributed by atoms with Gasteiger partial charge in [-0.25, -0.2) is 0 Å². The molecular formula is C12H14Br2Cl2O. The first-order valence-corrected chi connectivity index (χ1v) is 7.96. The standard InChI is InChI=1S/C12H14Br2Cl2O/c1-7(2)8(5-13)6-17-12-4-10(15)9(14)3-11(12)16/h3-4,7-8H,5-6H2,1-2H3. The van der Waals surface area contributed by atoms with Crippen molar-refractivity contribution in [2.45, 2.75) is 13.8 Å². The van der Waals surface area contributed by atoms with Crippen molar-refractivity contribution in [3.63, 3.8) is 0 Å². The van der Waals surface area contributed by atoms with Crippen LogP contribution in [0.25, 0.3) is 0 Å². The third-order valence-corrected chi connectivity index (χ3v) is 4.89. The summed E-state index contributed by atoms with van der Waals surface area (Å²) in [6, 6.07) is 3.48. The van der Waals surface area contributed by atoms with Crippen molar-refractivity contribution in [3.8, 4) is 5.75 Å². The predicted molar refractivity (Wildman–Crippen MR) is 81.8 cm³/mol. The second-order valence-corrected chi connectivity index (χ2v) is 6.48. The Labute approximate surface area is 129 Å². The molecule has 0 amide bonds. The maximum atomic E-state index is 6.08. The minimum absolute atomic E-state index is 0.452. The quantitative estimate of drug-likeness (QED) is 0.445. The highest BCUT2D eigenvalue weighted by Gasteiger charge is 2.14. The van der Waals surface area contributed by atoms with Crippen LogP contribution in [0.4, 0.5) is 0 Å². The molecule has 0 saturated heterocycles. The second kappa shape index (κ2) is 7.22. The van der Waals surface area contributed by atoms with Crippen LogP contribution in [-0.4, -0.2) is 11.9 Å². The van der Waals surface area contributed by atoms with E-state index in [0.717, 1.165) is 9.80 Å². The van der Waals surface area contributed by atoms with E-state index in [0.29, 0.717) is 34.2 Å². The fourth-order valence-corrected chi connectivity index (χ4v) is 3.01. The van der Waals surface area contributed by atoms with Gasteiger partial charge in [-0.2, -0.15) is 0 Å². The van der Waals surface area contributed by atoms with Crippen LogP contribution in [-0.2, 0) is 0 Å². The van der Waals surface area contributed by atoms with E-state index >= 15 is 0 Å². The highest BCUT2D eigenvalue weighted by molar-refractivity contribution is 9.10. The van der Waals surface area contributed by atoms with E-state index in [4.69, 9.17) is 27.9 Å². The zero-order chi connectivity index (χ0) is 13.0. The molecule has 1 rings (SSSR count). The summed E-state index contributed by atoms with van der Waals surface area (Å²) in [5.41, 5.74) is 0. The Kier molecular flexibility index (Phi) is 6.64. The first-order valence-electron chi connectivity index (χ1n) is 5.29. The van der Waals surface area contributed by atoms with Crippen molar-refractivity contribution in [3.05, 3.63) is 26.7 Å². The fourth-order valence-electron chi connectivity index (χ4n) is 1.23. The van der Waals surface area contributed by atoms with E-state index in [1.807, 2.05) is 0 Å². The van der Waals surface area contributed by atoms with Crippen LogP contribution in [0.15, 0.2) is 16.6 Å². The van der Waals surface area contributed by atoms with Gasteiger partial charge < -0.3 is 4.74 Å². The van der Waals surface area contributed by atoms with Crippen LogP contribution in [0, 0.1) is 11.8 Å². The molecule has 0 spiro atoms. The smallest absolute Gasteiger partial charge is 0.139 e. The monoisotopic (exact) mass is 402 g/mol. The first kappa shape index (κ1) is 15.6. The van der Waals surface area contributed by atoms with Crippen LogP contribution in [0.3, 0.4) is 0 Å². The summed E-state index contributed by atoms with van der Waals surface area (Å²) in [4.78, 5) is 0. The molecule has 0 aliphatic carbocycles. The van der Waals surface area contributed by atoms with E-state index in [-0.39, 0.29) is 0 Å². The predicted octanol–water partition coefficient (Wildman–Crippen LogP) is 5.80. The van der Waals surface area contributed by atoms with Gasteiger partial charge in [-0.15, -0.1) is 0 Å². The van der Waals surface area contributed by atoms with Crippen molar-refractivity contribution in [1.82, 2.24) is 0 Å². The van der Waals surface area contributed by atoms with Crippen molar-refractivity contribution < 1.29 is 4.74 Å². The molecule has 96 valence electrons. The summed E-state index contributed by atoms with van der Waals surface area (Å²) in [6.07, 6.45) is 0. The Bertz CT molecular complexity index is 383. The minimum Gasteiger partial charge on any atom is -0.492 e. The van der Waals surface area contributed by atoms with Crippen molar-refractivity contribution in [2.24, 2.45) is 11.8 Å². The molecule has 0 radical (unpaired) electrons. The summed E-state index contributed by atoms with van der Waals surface area (Å²) in [6.45, 7) is 4.97. The SMILES string of the molecule is CC(C)C(CBr)COc1cc(Cl)c(Br)cc1Cl. The number of alkyl halides is 1. The number of rotatable bonds is 5. The molecule has 0 aromatic heterocycles. The van der Waals surface area contributed by atoms with Gasteiger partial charge in [0.15, 0.2) is 0 Å². The van der Waals surface area contributed by atoms with Crippen LogP contribution in [0.1, 0.15) is 13.8 Å². The van der Waals surface area contributed by atoms with Crippen molar-refractivity contribution in [1.29, 1.82) is 0 Å². The van der Waals surface area contributed by atoms with Gasteiger partial charge in [-0.3, -0.25) is 0 Å². The molecule has 1 aromatic carbocycles. The zero-order valence-electron chi connectivity index (χ0n) is 9.64. The summed E-state index contributed by atoms with van der Waals surface area (Å²) in [5, 5.41) is 2.08. The normalized spacial score (nSPS) is 12.9. The van der Waals surface area contributed by atoms with Gasteiger partial charge >= 0.3 is 0 Å². The largest absolute Gasteiger partial charge is 0.492 e. The van der Waals surface area contributed by atoms with E-state index in [1.54, 1.807) is 12.1 Å². The molecule has 0 aliphatic heterocycles. The van der Waals surface area contributed by atoms with E-state index in [1.165, 1.54) is 0 Å².